The van der Waals surface area contributed by atoms with Gasteiger partial charge in [-0.2, -0.15) is 0 Å². The fourth-order valence-electron chi connectivity index (χ4n) is 0.899. The number of carbonyl (C=O) groups excluding carboxylic acids is 3. The first-order chi connectivity index (χ1) is 6.93. The topological polar surface area (TPSA) is 151 Å². The number of nitrogens with one attached hydrogen (secondary N) is 1. The van der Waals surface area contributed by atoms with Crippen molar-refractivity contribution in [3.05, 3.63) is 0 Å². The third-order valence-electron chi connectivity index (χ3n) is 1.52. The number of hydrogen-bond donors (Lipinski definition) is 4. The third kappa shape index (κ3) is 7.11. The molecule has 0 heterocycles. The van der Waals surface area contributed by atoms with Crippen LogP contribution in [0.3, 0.4) is 0 Å². The summed E-state index contributed by atoms with van der Waals surface area (Å²) >= 11 is 0. The van der Waals surface area contributed by atoms with E-state index in [-0.39, 0.29) is 13.0 Å². The Hall–Kier alpha value is -1.99. The van der Waals surface area contributed by atoms with Crippen LogP contribution in [-0.4, -0.2) is 30.7 Å². The molecule has 0 aromatic carbocycles. The predicted octanol–water partition coefficient (Wildman–Crippen LogP) is -1.62. The lowest BCUT2D eigenvalue weighted by atomic mass is 10.2. The Morgan fingerprint density at radius 3 is 2.20 bits per heavy atom. The fraction of sp³-hybridized carbons (Fsp3) is 0.571. The number of urea groups is 1. The molecular formula is C7H14N4O4. The maximum absolute atomic E-state index is 10.7. The second kappa shape index (κ2) is 6.46. The Labute approximate surface area is 86.1 Å². The van der Waals surface area contributed by atoms with Gasteiger partial charge in [0, 0.05) is 6.54 Å². The van der Waals surface area contributed by atoms with E-state index in [4.69, 9.17) is 17.2 Å². The van der Waals surface area contributed by atoms with E-state index in [2.05, 4.69) is 10.1 Å². The van der Waals surface area contributed by atoms with E-state index in [9.17, 15) is 14.4 Å². The zero-order chi connectivity index (χ0) is 11.8. The molecule has 8 heteroatoms. The standard InChI is InChI=1S/C7H14N4O4/c8-5(12)4(15-7(10)14)2-1-3-11-6(9)13/h4H,1-3H2,(H2,8,12)(H2,10,14)(H3,9,11,13). The molecule has 86 valence electrons. The second-order valence-corrected chi connectivity index (χ2v) is 2.76. The summed E-state index contributed by atoms with van der Waals surface area (Å²) in [6.45, 7) is 0.265. The first kappa shape index (κ1) is 13.0. The summed E-state index contributed by atoms with van der Waals surface area (Å²) < 4.78 is 4.44. The Bertz CT molecular complexity index is 255. The molecule has 0 aromatic rings. The van der Waals surface area contributed by atoms with Gasteiger partial charge in [-0.25, -0.2) is 9.59 Å². The molecule has 0 saturated heterocycles. The van der Waals surface area contributed by atoms with Gasteiger partial charge in [-0.05, 0) is 12.8 Å². The second-order valence-electron chi connectivity index (χ2n) is 2.76. The van der Waals surface area contributed by atoms with E-state index in [0.29, 0.717) is 6.42 Å². The van der Waals surface area contributed by atoms with Crippen LogP contribution in [-0.2, 0) is 9.53 Å². The monoisotopic (exact) mass is 218 g/mol. The normalized spacial score (nSPS) is 11.5. The molecule has 0 aliphatic heterocycles. The highest BCUT2D eigenvalue weighted by Crippen LogP contribution is 2.01. The van der Waals surface area contributed by atoms with E-state index in [1.807, 2.05) is 0 Å². The molecule has 8 nitrogen and oxygen atoms in total. The van der Waals surface area contributed by atoms with Gasteiger partial charge in [0.2, 0.25) is 0 Å². The molecule has 0 aliphatic carbocycles. The average Bonchev–Trinajstić information content (AvgIpc) is 2.08. The van der Waals surface area contributed by atoms with Crippen molar-refractivity contribution < 1.29 is 19.1 Å². The van der Waals surface area contributed by atoms with Crippen LogP contribution in [0.4, 0.5) is 9.59 Å². The highest BCUT2D eigenvalue weighted by atomic mass is 16.6. The Morgan fingerprint density at radius 1 is 1.20 bits per heavy atom. The maximum atomic E-state index is 10.7. The minimum Gasteiger partial charge on any atom is -0.436 e. The van der Waals surface area contributed by atoms with Gasteiger partial charge in [0.15, 0.2) is 6.10 Å². The van der Waals surface area contributed by atoms with Gasteiger partial charge in [0.05, 0.1) is 0 Å². The molecule has 0 aliphatic rings. The summed E-state index contributed by atoms with van der Waals surface area (Å²) in [7, 11) is 0. The molecule has 1 unspecified atom stereocenters. The fourth-order valence-corrected chi connectivity index (χ4v) is 0.899. The molecule has 7 N–H and O–H groups in total. The minimum atomic E-state index is -1.07. The quantitative estimate of drug-likeness (QED) is 0.396. The largest absolute Gasteiger partial charge is 0.436 e. The van der Waals surface area contributed by atoms with Gasteiger partial charge < -0.3 is 27.3 Å². The van der Waals surface area contributed by atoms with Gasteiger partial charge >= 0.3 is 12.1 Å². The molecule has 1 atom stereocenters. The molecule has 0 saturated carbocycles. The summed E-state index contributed by atoms with van der Waals surface area (Å²) in [5.41, 5.74) is 14.5. The van der Waals surface area contributed by atoms with Crippen LogP contribution in [0.1, 0.15) is 12.8 Å². The number of amides is 4. The van der Waals surface area contributed by atoms with Crippen molar-refractivity contribution in [2.75, 3.05) is 6.54 Å². The minimum absolute atomic E-state index is 0.179. The number of carbonyl (C=O) groups is 3. The molecular weight excluding hydrogens is 204 g/mol. The number of primary amides is 3. The van der Waals surface area contributed by atoms with Crippen LogP contribution in [0.5, 0.6) is 0 Å². The van der Waals surface area contributed by atoms with Crippen LogP contribution in [0.15, 0.2) is 0 Å². The Kier molecular flexibility index (Phi) is 5.60. The summed E-state index contributed by atoms with van der Waals surface area (Å²) in [5.74, 6) is -0.784. The van der Waals surface area contributed by atoms with Crippen molar-refractivity contribution in [3.8, 4) is 0 Å². The van der Waals surface area contributed by atoms with Gasteiger partial charge in [-0.1, -0.05) is 0 Å². The van der Waals surface area contributed by atoms with E-state index in [0.717, 1.165) is 0 Å². The first-order valence-corrected chi connectivity index (χ1v) is 4.22. The molecule has 0 rings (SSSR count). The van der Waals surface area contributed by atoms with Crippen LogP contribution in [0.25, 0.3) is 0 Å². The molecule has 0 aromatic heterocycles. The lowest BCUT2D eigenvalue weighted by molar-refractivity contribution is -0.126. The van der Waals surface area contributed by atoms with Crippen LogP contribution in [0, 0.1) is 0 Å². The summed E-state index contributed by atoms with van der Waals surface area (Å²) in [4.78, 5) is 31.4. The first-order valence-electron chi connectivity index (χ1n) is 4.22. The SMILES string of the molecule is NC(=O)NCCCC(OC(N)=O)C(N)=O. The molecule has 4 amide bonds. The Morgan fingerprint density at radius 2 is 1.80 bits per heavy atom. The van der Waals surface area contributed by atoms with Crippen molar-refractivity contribution in [3.63, 3.8) is 0 Å². The summed E-state index contributed by atoms with van der Waals surface area (Å²) in [6, 6.07) is -0.665. The van der Waals surface area contributed by atoms with Crippen molar-refractivity contribution in [1.82, 2.24) is 5.32 Å². The highest BCUT2D eigenvalue weighted by molar-refractivity contribution is 5.81. The number of nitrogens with two attached hydrogens (primary N) is 3. The lowest BCUT2D eigenvalue weighted by Crippen LogP contribution is -2.36. The van der Waals surface area contributed by atoms with E-state index in [1.54, 1.807) is 0 Å². The van der Waals surface area contributed by atoms with Crippen molar-refractivity contribution >= 4 is 18.0 Å². The van der Waals surface area contributed by atoms with Crippen LogP contribution >= 0.6 is 0 Å². The average molecular weight is 218 g/mol. The van der Waals surface area contributed by atoms with Crippen molar-refractivity contribution in [1.29, 1.82) is 0 Å². The third-order valence-corrected chi connectivity index (χ3v) is 1.52. The van der Waals surface area contributed by atoms with E-state index >= 15 is 0 Å². The van der Waals surface area contributed by atoms with Crippen LogP contribution < -0.4 is 22.5 Å². The van der Waals surface area contributed by atoms with Crippen LogP contribution in [0.2, 0.25) is 0 Å². The van der Waals surface area contributed by atoms with Gasteiger partial charge in [0.1, 0.15) is 0 Å². The Balaban J connectivity index is 3.81. The molecule has 0 radical (unpaired) electrons. The lowest BCUT2D eigenvalue weighted by Gasteiger charge is -2.12. The number of hydrogen-bond acceptors (Lipinski definition) is 4. The molecule has 0 bridgehead atoms. The molecule has 0 spiro atoms. The van der Waals surface area contributed by atoms with Gasteiger partial charge in [-0.15, -0.1) is 0 Å². The smallest absolute Gasteiger partial charge is 0.405 e. The molecule has 0 fully saturated rings. The van der Waals surface area contributed by atoms with Crippen molar-refractivity contribution in [2.45, 2.75) is 18.9 Å². The zero-order valence-corrected chi connectivity index (χ0v) is 8.06. The van der Waals surface area contributed by atoms with E-state index in [1.165, 1.54) is 0 Å². The van der Waals surface area contributed by atoms with E-state index < -0.39 is 24.1 Å². The van der Waals surface area contributed by atoms with Gasteiger partial charge in [-0.3, -0.25) is 4.79 Å². The summed E-state index contributed by atoms with van der Waals surface area (Å²) in [6.07, 6.45) is -1.57. The van der Waals surface area contributed by atoms with Crippen molar-refractivity contribution in [2.24, 2.45) is 17.2 Å². The maximum Gasteiger partial charge on any atom is 0.405 e. The zero-order valence-electron chi connectivity index (χ0n) is 8.06. The highest BCUT2D eigenvalue weighted by Gasteiger charge is 2.18. The number of rotatable bonds is 6. The molecule has 15 heavy (non-hydrogen) atoms. The van der Waals surface area contributed by atoms with Gasteiger partial charge in [0.25, 0.3) is 5.91 Å². The number of ether oxygens (including phenoxy) is 1. The summed E-state index contributed by atoms with van der Waals surface area (Å²) in [5, 5.41) is 2.31. The predicted molar refractivity (Wildman–Crippen MR) is 50.5 cm³/mol.